The van der Waals surface area contributed by atoms with Gasteiger partial charge in [0.05, 0.1) is 10.0 Å². The topological polar surface area (TPSA) is 49.6 Å². The van der Waals surface area contributed by atoms with Gasteiger partial charge in [-0.15, -0.1) is 0 Å². The van der Waals surface area contributed by atoms with Crippen molar-refractivity contribution in [3.05, 3.63) is 81.8 Å². The first-order valence-corrected chi connectivity index (χ1v) is 11.7. The second kappa shape index (κ2) is 11.7. The molecule has 0 spiro atoms. The molecule has 4 nitrogen and oxygen atoms in total. The van der Waals surface area contributed by atoms with Crippen LogP contribution < -0.4 is 5.73 Å². The lowest BCUT2D eigenvalue weighted by Gasteiger charge is -2.29. The molecule has 0 aliphatic rings. The summed E-state index contributed by atoms with van der Waals surface area (Å²) < 4.78 is 0. The van der Waals surface area contributed by atoms with Gasteiger partial charge in [0.2, 0.25) is 0 Å². The highest BCUT2D eigenvalue weighted by atomic mass is 35.5. The first-order valence-electron chi connectivity index (χ1n) is 11.0. The summed E-state index contributed by atoms with van der Waals surface area (Å²) in [7, 11) is 4.11. The van der Waals surface area contributed by atoms with Crippen molar-refractivity contribution in [1.82, 2.24) is 9.80 Å². The predicted molar refractivity (Wildman–Crippen MR) is 136 cm³/mol. The van der Waals surface area contributed by atoms with Crippen molar-refractivity contribution in [2.75, 3.05) is 40.3 Å². The highest BCUT2D eigenvalue weighted by Gasteiger charge is 2.23. The summed E-state index contributed by atoms with van der Waals surface area (Å²) in [4.78, 5) is 17.8. The van der Waals surface area contributed by atoms with E-state index in [9.17, 15) is 4.79 Å². The Morgan fingerprint density at radius 2 is 1.72 bits per heavy atom. The van der Waals surface area contributed by atoms with Gasteiger partial charge >= 0.3 is 0 Å². The molecule has 0 heterocycles. The van der Waals surface area contributed by atoms with E-state index in [0.717, 1.165) is 41.3 Å². The van der Waals surface area contributed by atoms with E-state index in [4.69, 9.17) is 28.9 Å². The number of benzene rings is 3. The molecular weight excluding hydrogens is 441 g/mol. The van der Waals surface area contributed by atoms with Crippen LogP contribution in [-0.4, -0.2) is 56.0 Å². The SMILES string of the molecule is CN(C)CCC(CN(CCCN)C(=O)c1cccc2ccccc12)c1ccc(Cl)c(Cl)c1. The number of nitrogens with zero attached hydrogens (tertiary/aromatic N) is 2. The molecule has 170 valence electrons. The highest BCUT2D eigenvalue weighted by molar-refractivity contribution is 6.42. The van der Waals surface area contributed by atoms with Crippen molar-refractivity contribution < 1.29 is 4.79 Å². The van der Waals surface area contributed by atoms with E-state index in [-0.39, 0.29) is 11.8 Å². The zero-order valence-corrected chi connectivity index (χ0v) is 20.2. The molecule has 1 amide bonds. The number of rotatable bonds is 10. The van der Waals surface area contributed by atoms with Crippen molar-refractivity contribution in [1.29, 1.82) is 0 Å². The summed E-state index contributed by atoms with van der Waals surface area (Å²) >= 11 is 12.5. The van der Waals surface area contributed by atoms with Gasteiger partial charge in [-0.1, -0.05) is 65.7 Å². The lowest BCUT2D eigenvalue weighted by molar-refractivity contribution is 0.0742. The van der Waals surface area contributed by atoms with E-state index < -0.39 is 0 Å². The van der Waals surface area contributed by atoms with Crippen molar-refractivity contribution in [3.8, 4) is 0 Å². The number of amides is 1. The second-order valence-corrected chi connectivity index (χ2v) is 9.20. The molecule has 0 saturated heterocycles. The molecule has 0 saturated carbocycles. The van der Waals surface area contributed by atoms with E-state index in [2.05, 4.69) is 19.0 Å². The summed E-state index contributed by atoms with van der Waals surface area (Å²) in [6.07, 6.45) is 1.64. The van der Waals surface area contributed by atoms with Crippen LogP contribution in [0.5, 0.6) is 0 Å². The first kappa shape index (κ1) is 24.5. The summed E-state index contributed by atoms with van der Waals surface area (Å²) in [6, 6.07) is 19.7. The smallest absolute Gasteiger partial charge is 0.254 e. The minimum Gasteiger partial charge on any atom is -0.338 e. The van der Waals surface area contributed by atoms with E-state index in [1.54, 1.807) is 0 Å². The summed E-state index contributed by atoms with van der Waals surface area (Å²) in [6.45, 7) is 2.64. The van der Waals surface area contributed by atoms with Crippen LogP contribution in [0.15, 0.2) is 60.7 Å². The fraction of sp³-hybridized carbons (Fsp3) is 0.346. The molecule has 3 rings (SSSR count). The molecule has 3 aromatic rings. The minimum atomic E-state index is 0.0326. The maximum Gasteiger partial charge on any atom is 0.254 e. The third-order valence-electron chi connectivity index (χ3n) is 5.72. The van der Waals surface area contributed by atoms with Crippen LogP contribution in [-0.2, 0) is 0 Å². The zero-order valence-electron chi connectivity index (χ0n) is 18.7. The molecule has 0 radical (unpaired) electrons. The van der Waals surface area contributed by atoms with Crippen LogP contribution in [0, 0.1) is 0 Å². The maximum absolute atomic E-state index is 13.7. The minimum absolute atomic E-state index is 0.0326. The average Bonchev–Trinajstić information content (AvgIpc) is 2.79. The molecule has 32 heavy (non-hydrogen) atoms. The molecule has 0 aliphatic carbocycles. The van der Waals surface area contributed by atoms with Crippen LogP contribution in [0.1, 0.15) is 34.7 Å². The van der Waals surface area contributed by atoms with E-state index >= 15 is 0 Å². The van der Waals surface area contributed by atoms with Crippen LogP contribution >= 0.6 is 23.2 Å². The average molecular weight is 472 g/mol. The molecular formula is C26H31Cl2N3O. The van der Waals surface area contributed by atoms with Gasteiger partial charge in [-0.25, -0.2) is 0 Å². The lowest BCUT2D eigenvalue weighted by Crippen LogP contribution is -2.37. The zero-order chi connectivity index (χ0) is 23.1. The van der Waals surface area contributed by atoms with Gasteiger partial charge in [0.25, 0.3) is 5.91 Å². The van der Waals surface area contributed by atoms with Gasteiger partial charge in [0.15, 0.2) is 0 Å². The number of nitrogens with two attached hydrogens (primary N) is 1. The third kappa shape index (κ3) is 6.23. The van der Waals surface area contributed by atoms with Crippen LogP contribution in [0.3, 0.4) is 0 Å². The molecule has 6 heteroatoms. The molecule has 0 aliphatic heterocycles. The van der Waals surface area contributed by atoms with Gasteiger partial charge < -0.3 is 15.5 Å². The van der Waals surface area contributed by atoms with Gasteiger partial charge in [-0.2, -0.15) is 0 Å². The van der Waals surface area contributed by atoms with E-state index in [0.29, 0.717) is 29.7 Å². The summed E-state index contributed by atoms with van der Waals surface area (Å²) in [5.41, 5.74) is 7.62. The number of carbonyl (C=O) groups excluding carboxylic acids is 1. The Balaban J connectivity index is 1.94. The summed E-state index contributed by atoms with van der Waals surface area (Å²) in [5, 5.41) is 3.10. The van der Waals surface area contributed by atoms with Crippen LogP contribution in [0.2, 0.25) is 10.0 Å². The number of fused-ring (bicyclic) bond motifs is 1. The standard InChI is InChI=1S/C26H31Cl2N3O/c1-30(2)16-13-21(20-11-12-24(27)25(28)17-20)18-31(15-6-14-29)26(32)23-10-5-8-19-7-3-4-9-22(19)23/h3-5,7-12,17,21H,6,13-16,18,29H2,1-2H3. The number of hydrogen-bond acceptors (Lipinski definition) is 3. The maximum atomic E-state index is 13.7. The van der Waals surface area contributed by atoms with E-state index in [1.807, 2.05) is 65.6 Å². The number of carbonyl (C=O) groups is 1. The van der Waals surface area contributed by atoms with Crippen LogP contribution in [0.4, 0.5) is 0 Å². The largest absolute Gasteiger partial charge is 0.338 e. The molecule has 3 aromatic carbocycles. The Hall–Kier alpha value is -2.11. The quantitative estimate of drug-likeness (QED) is 0.414. The second-order valence-electron chi connectivity index (χ2n) is 8.38. The first-order chi connectivity index (χ1) is 15.4. The summed E-state index contributed by atoms with van der Waals surface area (Å²) in [5.74, 6) is 0.161. The molecule has 0 bridgehead atoms. The highest BCUT2D eigenvalue weighted by Crippen LogP contribution is 2.30. The lowest BCUT2D eigenvalue weighted by atomic mass is 9.94. The Bertz CT molecular complexity index is 1050. The molecule has 2 N–H and O–H groups in total. The number of halogens is 2. The monoisotopic (exact) mass is 471 g/mol. The van der Waals surface area contributed by atoms with Gasteiger partial charge in [-0.05, 0) is 74.6 Å². The fourth-order valence-electron chi connectivity index (χ4n) is 3.95. The van der Waals surface area contributed by atoms with Crippen molar-refractivity contribution >= 4 is 39.9 Å². The van der Waals surface area contributed by atoms with Crippen molar-refractivity contribution in [2.45, 2.75) is 18.8 Å². The van der Waals surface area contributed by atoms with Gasteiger partial charge in [0.1, 0.15) is 0 Å². The Morgan fingerprint density at radius 1 is 0.969 bits per heavy atom. The molecule has 0 aromatic heterocycles. The Morgan fingerprint density at radius 3 is 2.44 bits per heavy atom. The van der Waals surface area contributed by atoms with Gasteiger partial charge in [0, 0.05) is 24.6 Å². The molecule has 1 atom stereocenters. The van der Waals surface area contributed by atoms with Crippen LogP contribution in [0.25, 0.3) is 10.8 Å². The van der Waals surface area contributed by atoms with E-state index in [1.165, 1.54) is 0 Å². The Kier molecular flexibility index (Phi) is 8.94. The van der Waals surface area contributed by atoms with Crippen molar-refractivity contribution in [3.63, 3.8) is 0 Å². The normalized spacial score (nSPS) is 12.3. The third-order valence-corrected chi connectivity index (χ3v) is 6.46. The van der Waals surface area contributed by atoms with Crippen molar-refractivity contribution in [2.24, 2.45) is 5.73 Å². The molecule has 0 fully saturated rings. The van der Waals surface area contributed by atoms with Gasteiger partial charge in [-0.3, -0.25) is 4.79 Å². The number of hydrogen-bond donors (Lipinski definition) is 1. The Labute approximate surface area is 200 Å². The predicted octanol–water partition coefficient (Wildman–Crippen LogP) is 5.67. The molecule has 1 unspecified atom stereocenters. The fourth-order valence-corrected chi connectivity index (χ4v) is 4.26.